The summed E-state index contributed by atoms with van der Waals surface area (Å²) in [5.41, 5.74) is 6.78. The molecule has 1 atom stereocenters. The molecule has 39 heavy (non-hydrogen) atoms. The normalized spacial score (nSPS) is 20.3. The van der Waals surface area contributed by atoms with E-state index < -0.39 is 17.9 Å². The van der Waals surface area contributed by atoms with Crippen LogP contribution in [-0.4, -0.2) is 98.9 Å². The number of carbonyl (C=O) groups is 1. The minimum absolute atomic E-state index is 0.0415. The number of nitrogens with one attached hydrogen (secondary N) is 1. The summed E-state index contributed by atoms with van der Waals surface area (Å²) in [5, 5.41) is 17.8. The third kappa shape index (κ3) is 4.94. The van der Waals surface area contributed by atoms with Gasteiger partial charge in [-0.3, -0.25) is 14.7 Å². The fourth-order valence-corrected chi connectivity index (χ4v) is 5.63. The first kappa shape index (κ1) is 25.6. The van der Waals surface area contributed by atoms with Crippen LogP contribution >= 0.6 is 0 Å². The Morgan fingerprint density at radius 2 is 1.85 bits per heavy atom. The highest BCUT2D eigenvalue weighted by Crippen LogP contribution is 2.35. The van der Waals surface area contributed by atoms with Gasteiger partial charge in [0.1, 0.15) is 0 Å². The SMILES string of the molecule is Nc1nn2cc(F)cnc2c1C(O)Nc1cncc(F)c1N1CCC(C(=O)N2CCN(C3COC3)CC2)CC1. The minimum Gasteiger partial charge on any atom is -0.382 e. The van der Waals surface area contributed by atoms with E-state index in [-0.39, 0.29) is 40.2 Å². The quantitative estimate of drug-likeness (QED) is 0.384. The summed E-state index contributed by atoms with van der Waals surface area (Å²) >= 11 is 0. The van der Waals surface area contributed by atoms with E-state index in [1.54, 1.807) is 0 Å². The largest absolute Gasteiger partial charge is 0.382 e. The van der Waals surface area contributed by atoms with Crippen LogP contribution in [0.4, 0.5) is 26.0 Å². The predicted molar refractivity (Wildman–Crippen MR) is 138 cm³/mol. The van der Waals surface area contributed by atoms with Crippen molar-refractivity contribution in [1.29, 1.82) is 0 Å². The van der Waals surface area contributed by atoms with E-state index in [1.807, 2.05) is 9.80 Å². The topological polar surface area (TPSA) is 137 Å². The smallest absolute Gasteiger partial charge is 0.225 e. The Bertz CT molecular complexity index is 1350. The monoisotopic (exact) mass is 543 g/mol. The highest BCUT2D eigenvalue weighted by Gasteiger charge is 2.34. The van der Waals surface area contributed by atoms with Gasteiger partial charge in [0.15, 0.2) is 29.3 Å². The van der Waals surface area contributed by atoms with Crippen molar-refractivity contribution in [2.75, 3.05) is 68.4 Å². The van der Waals surface area contributed by atoms with Gasteiger partial charge in [-0.25, -0.2) is 18.3 Å². The predicted octanol–water partition coefficient (Wildman–Crippen LogP) is 0.847. The Labute approximate surface area is 223 Å². The summed E-state index contributed by atoms with van der Waals surface area (Å²) in [6.45, 7) is 5.65. The van der Waals surface area contributed by atoms with E-state index in [2.05, 4.69) is 25.3 Å². The van der Waals surface area contributed by atoms with Crippen LogP contribution in [0.1, 0.15) is 24.6 Å². The number of nitrogens with zero attached hydrogens (tertiary/aromatic N) is 7. The van der Waals surface area contributed by atoms with Gasteiger partial charge in [0.25, 0.3) is 0 Å². The first-order chi connectivity index (χ1) is 18.9. The average Bonchev–Trinajstić information content (AvgIpc) is 3.23. The number of fused-ring (bicyclic) bond motifs is 1. The number of amides is 1. The minimum atomic E-state index is -1.41. The molecule has 0 radical (unpaired) electrons. The van der Waals surface area contributed by atoms with E-state index in [0.29, 0.717) is 45.1 Å². The van der Waals surface area contributed by atoms with Crippen molar-refractivity contribution < 1.29 is 23.4 Å². The van der Waals surface area contributed by atoms with Crippen LogP contribution in [-0.2, 0) is 9.53 Å². The summed E-state index contributed by atoms with van der Waals surface area (Å²) in [7, 11) is 0. The Kier molecular flexibility index (Phi) is 6.91. The molecule has 4 N–H and O–H groups in total. The average molecular weight is 544 g/mol. The molecule has 3 aliphatic heterocycles. The lowest BCUT2D eigenvalue weighted by Gasteiger charge is -2.43. The number of hydrogen-bond acceptors (Lipinski definition) is 10. The zero-order valence-corrected chi connectivity index (χ0v) is 21.3. The van der Waals surface area contributed by atoms with Crippen LogP contribution in [0.15, 0.2) is 24.8 Å². The van der Waals surface area contributed by atoms with Gasteiger partial charge >= 0.3 is 0 Å². The fraction of sp³-hybridized carbons (Fsp3) is 0.520. The van der Waals surface area contributed by atoms with E-state index in [1.165, 1.54) is 6.20 Å². The number of aromatic nitrogens is 4. The summed E-state index contributed by atoms with van der Waals surface area (Å²) in [4.78, 5) is 27.3. The number of hydrogen-bond donors (Lipinski definition) is 3. The number of aliphatic hydroxyl groups is 1. The molecule has 3 aromatic heterocycles. The lowest BCUT2D eigenvalue weighted by atomic mass is 9.94. The summed E-state index contributed by atoms with van der Waals surface area (Å²) in [5.74, 6) is -1.16. The highest BCUT2D eigenvalue weighted by molar-refractivity contribution is 5.80. The number of anilines is 3. The van der Waals surface area contributed by atoms with Crippen molar-refractivity contribution in [2.24, 2.45) is 5.92 Å². The molecule has 6 rings (SSSR count). The second-order valence-corrected chi connectivity index (χ2v) is 10.2. The van der Waals surface area contributed by atoms with E-state index in [9.17, 15) is 14.3 Å². The summed E-state index contributed by atoms with van der Waals surface area (Å²) in [6, 6.07) is 0.477. The Morgan fingerprint density at radius 1 is 1.10 bits per heavy atom. The molecule has 0 aromatic carbocycles. The van der Waals surface area contributed by atoms with Crippen LogP contribution in [0.25, 0.3) is 5.65 Å². The van der Waals surface area contributed by atoms with Gasteiger partial charge in [0, 0.05) is 45.2 Å². The van der Waals surface area contributed by atoms with Gasteiger partial charge in [-0.1, -0.05) is 0 Å². The van der Waals surface area contributed by atoms with Crippen LogP contribution in [0, 0.1) is 17.6 Å². The molecule has 12 nitrogen and oxygen atoms in total. The zero-order valence-electron chi connectivity index (χ0n) is 21.3. The molecule has 3 aromatic rings. The third-order valence-corrected chi connectivity index (χ3v) is 7.87. The number of halogens is 2. The molecular weight excluding hydrogens is 512 g/mol. The molecule has 0 saturated carbocycles. The molecule has 3 aliphatic rings. The lowest BCUT2D eigenvalue weighted by molar-refractivity contribution is -0.140. The maximum absolute atomic E-state index is 15.1. The first-order valence-corrected chi connectivity index (χ1v) is 13.1. The van der Waals surface area contributed by atoms with Crippen molar-refractivity contribution >= 4 is 28.7 Å². The Morgan fingerprint density at radius 3 is 2.54 bits per heavy atom. The fourth-order valence-electron chi connectivity index (χ4n) is 5.63. The molecule has 1 unspecified atom stereocenters. The molecular formula is C25H31F2N9O3. The van der Waals surface area contributed by atoms with Crippen molar-refractivity contribution in [3.8, 4) is 0 Å². The number of nitrogen functional groups attached to an aromatic ring is 1. The summed E-state index contributed by atoms with van der Waals surface area (Å²) < 4.78 is 35.0. The number of piperazine rings is 1. The van der Waals surface area contributed by atoms with E-state index >= 15 is 4.39 Å². The molecule has 0 aliphatic carbocycles. The molecule has 1 amide bonds. The molecule has 208 valence electrons. The van der Waals surface area contributed by atoms with Gasteiger partial charge in [0.05, 0.1) is 61.0 Å². The maximum atomic E-state index is 15.1. The van der Waals surface area contributed by atoms with Gasteiger partial charge in [-0.05, 0) is 12.8 Å². The van der Waals surface area contributed by atoms with E-state index in [4.69, 9.17) is 10.5 Å². The summed E-state index contributed by atoms with van der Waals surface area (Å²) in [6.07, 6.45) is 4.40. The molecule has 14 heteroatoms. The Hall–Kier alpha value is -3.62. The van der Waals surface area contributed by atoms with Crippen LogP contribution < -0.4 is 16.0 Å². The Balaban J connectivity index is 1.12. The van der Waals surface area contributed by atoms with Gasteiger partial charge in [-0.2, -0.15) is 0 Å². The van der Waals surface area contributed by atoms with E-state index in [0.717, 1.165) is 49.4 Å². The molecule has 3 fully saturated rings. The number of nitrogens with two attached hydrogens (primary N) is 1. The van der Waals surface area contributed by atoms with Gasteiger partial charge in [0.2, 0.25) is 5.91 Å². The number of pyridine rings is 1. The van der Waals surface area contributed by atoms with Crippen molar-refractivity contribution in [1.82, 2.24) is 29.4 Å². The standard InChI is InChI=1S/C25H31F2N9O3/c26-16-9-30-23-20(22(28)32-36(23)12-16)24(37)31-19-11-29-10-18(27)21(19)34-3-1-15(2-4-34)25(38)35-7-5-33(6-8-35)17-13-39-14-17/h9-12,15,17,24,31,37H,1-8,13-14H2,(H2,28,32). The second kappa shape index (κ2) is 10.5. The van der Waals surface area contributed by atoms with Gasteiger partial charge < -0.3 is 30.7 Å². The number of carbonyl (C=O) groups excluding carboxylic acids is 1. The van der Waals surface area contributed by atoms with Gasteiger partial charge in [-0.15, -0.1) is 5.10 Å². The number of ether oxygens (including phenoxy) is 1. The van der Waals surface area contributed by atoms with Crippen LogP contribution in [0.2, 0.25) is 0 Å². The number of rotatable bonds is 6. The lowest BCUT2D eigenvalue weighted by Crippen LogP contribution is -2.58. The van der Waals surface area contributed by atoms with Crippen LogP contribution in [0.5, 0.6) is 0 Å². The molecule has 0 bridgehead atoms. The third-order valence-electron chi connectivity index (χ3n) is 7.87. The van der Waals surface area contributed by atoms with Crippen molar-refractivity contribution in [2.45, 2.75) is 25.1 Å². The van der Waals surface area contributed by atoms with Crippen molar-refractivity contribution in [3.05, 3.63) is 42.0 Å². The first-order valence-electron chi connectivity index (χ1n) is 13.1. The number of piperidine rings is 1. The molecule has 0 spiro atoms. The molecule has 6 heterocycles. The van der Waals surface area contributed by atoms with Crippen molar-refractivity contribution in [3.63, 3.8) is 0 Å². The van der Waals surface area contributed by atoms with Crippen LogP contribution in [0.3, 0.4) is 0 Å². The zero-order chi connectivity index (χ0) is 27.1. The number of aliphatic hydroxyl groups excluding tert-OH is 1. The second-order valence-electron chi connectivity index (χ2n) is 10.2. The highest BCUT2D eigenvalue weighted by atomic mass is 19.1. The molecule has 3 saturated heterocycles. The maximum Gasteiger partial charge on any atom is 0.225 e.